The monoisotopic (exact) mass is 376 g/mol. The first-order valence-corrected chi connectivity index (χ1v) is 8.43. The smallest absolute Gasteiger partial charge is 0.344 e. The molecule has 0 saturated heterocycles. The average Bonchev–Trinajstić information content (AvgIpc) is 2.59. The van der Waals surface area contributed by atoms with E-state index in [4.69, 9.17) is 21.1 Å². The van der Waals surface area contributed by atoms with Gasteiger partial charge in [0.05, 0.1) is 5.69 Å². The number of amides is 1. The lowest BCUT2D eigenvalue weighted by Crippen LogP contribution is -2.24. The number of carbonyl (C=O) groups is 2. The number of benzene rings is 1. The highest BCUT2D eigenvalue weighted by Crippen LogP contribution is 2.30. The minimum atomic E-state index is -0.638. The first-order chi connectivity index (χ1) is 12.3. The summed E-state index contributed by atoms with van der Waals surface area (Å²) < 4.78 is 10.5. The topological polar surface area (TPSA) is 77.5 Å². The standard InChI is InChI=1S/C19H21ClN2O4/c1-19(2,3)13-7-4-5-9-15(13)25-12-17(24)26-11-16(23)22-14-8-6-10-21-18(14)20/h4-10H,11-12H2,1-3H3,(H,22,23). The quantitative estimate of drug-likeness (QED) is 0.615. The summed E-state index contributed by atoms with van der Waals surface area (Å²) in [5, 5.41) is 2.68. The number of nitrogens with zero attached hydrogens (tertiary/aromatic N) is 1. The van der Waals surface area contributed by atoms with E-state index in [2.05, 4.69) is 31.1 Å². The number of rotatable bonds is 6. The second-order valence-electron chi connectivity index (χ2n) is 6.59. The lowest BCUT2D eigenvalue weighted by atomic mass is 9.86. The fraction of sp³-hybridized carbons (Fsp3) is 0.316. The van der Waals surface area contributed by atoms with Crippen LogP contribution in [0, 0.1) is 0 Å². The van der Waals surface area contributed by atoms with E-state index in [1.54, 1.807) is 18.2 Å². The lowest BCUT2D eigenvalue weighted by Gasteiger charge is -2.22. The van der Waals surface area contributed by atoms with Crippen molar-refractivity contribution < 1.29 is 19.1 Å². The van der Waals surface area contributed by atoms with Gasteiger partial charge in [0.1, 0.15) is 5.75 Å². The number of para-hydroxylation sites is 1. The Morgan fingerprint density at radius 1 is 1.12 bits per heavy atom. The van der Waals surface area contributed by atoms with E-state index in [1.165, 1.54) is 6.20 Å². The average molecular weight is 377 g/mol. The SMILES string of the molecule is CC(C)(C)c1ccccc1OCC(=O)OCC(=O)Nc1cccnc1Cl. The van der Waals surface area contributed by atoms with E-state index in [9.17, 15) is 9.59 Å². The number of aromatic nitrogens is 1. The van der Waals surface area contributed by atoms with Gasteiger partial charge in [-0.1, -0.05) is 50.6 Å². The van der Waals surface area contributed by atoms with Crippen LogP contribution in [0.25, 0.3) is 0 Å². The van der Waals surface area contributed by atoms with Crippen LogP contribution in [0.4, 0.5) is 5.69 Å². The molecule has 0 atom stereocenters. The first-order valence-electron chi connectivity index (χ1n) is 8.05. The van der Waals surface area contributed by atoms with Gasteiger partial charge in [-0.3, -0.25) is 4.79 Å². The third-order valence-electron chi connectivity index (χ3n) is 3.44. The van der Waals surface area contributed by atoms with Crippen molar-refractivity contribution in [2.24, 2.45) is 0 Å². The maximum absolute atomic E-state index is 11.8. The van der Waals surface area contributed by atoms with E-state index >= 15 is 0 Å². The molecule has 0 aliphatic rings. The minimum Gasteiger partial charge on any atom is -0.482 e. The van der Waals surface area contributed by atoms with Gasteiger partial charge in [0, 0.05) is 6.20 Å². The molecular weight excluding hydrogens is 356 g/mol. The Morgan fingerprint density at radius 2 is 1.85 bits per heavy atom. The van der Waals surface area contributed by atoms with Crippen LogP contribution in [0.1, 0.15) is 26.3 Å². The second kappa shape index (κ2) is 8.67. The molecule has 26 heavy (non-hydrogen) atoms. The third-order valence-corrected chi connectivity index (χ3v) is 3.74. The van der Waals surface area contributed by atoms with E-state index in [0.29, 0.717) is 11.4 Å². The molecule has 0 spiro atoms. The molecule has 1 aromatic carbocycles. The van der Waals surface area contributed by atoms with Gasteiger partial charge in [-0.2, -0.15) is 0 Å². The van der Waals surface area contributed by atoms with Gasteiger partial charge < -0.3 is 14.8 Å². The molecule has 1 N–H and O–H groups in total. The molecular formula is C19H21ClN2O4. The summed E-state index contributed by atoms with van der Waals surface area (Å²) in [5.41, 5.74) is 1.21. The van der Waals surface area contributed by atoms with E-state index in [0.717, 1.165) is 5.56 Å². The summed E-state index contributed by atoms with van der Waals surface area (Å²) in [4.78, 5) is 27.5. The van der Waals surface area contributed by atoms with Gasteiger partial charge in [-0.25, -0.2) is 9.78 Å². The van der Waals surface area contributed by atoms with Crippen LogP contribution < -0.4 is 10.1 Å². The molecule has 1 heterocycles. The van der Waals surface area contributed by atoms with Crippen LogP contribution in [-0.2, 0) is 19.7 Å². The number of anilines is 1. The number of hydrogen-bond donors (Lipinski definition) is 1. The fourth-order valence-electron chi connectivity index (χ4n) is 2.20. The number of halogens is 1. The third kappa shape index (κ3) is 5.74. The van der Waals surface area contributed by atoms with Crippen LogP contribution in [0.15, 0.2) is 42.6 Å². The molecule has 0 aliphatic heterocycles. The summed E-state index contributed by atoms with van der Waals surface area (Å²) in [5.74, 6) is -0.534. The molecule has 6 nitrogen and oxygen atoms in total. The molecule has 7 heteroatoms. The maximum Gasteiger partial charge on any atom is 0.344 e. The van der Waals surface area contributed by atoms with Crippen molar-refractivity contribution in [1.29, 1.82) is 0 Å². The molecule has 1 aromatic heterocycles. The van der Waals surface area contributed by atoms with Crippen LogP contribution in [0.3, 0.4) is 0 Å². The summed E-state index contributed by atoms with van der Waals surface area (Å²) in [6.07, 6.45) is 1.50. The molecule has 0 fully saturated rings. The molecule has 0 unspecified atom stereocenters. The number of pyridine rings is 1. The van der Waals surface area contributed by atoms with Gasteiger partial charge >= 0.3 is 5.97 Å². The molecule has 0 aliphatic carbocycles. The highest BCUT2D eigenvalue weighted by Gasteiger charge is 2.19. The summed E-state index contributed by atoms with van der Waals surface area (Å²) in [6, 6.07) is 10.7. The molecule has 1 amide bonds. The van der Waals surface area contributed by atoms with Crippen molar-refractivity contribution in [3.8, 4) is 5.75 Å². The van der Waals surface area contributed by atoms with Gasteiger partial charge in [0.25, 0.3) is 5.91 Å². The van der Waals surface area contributed by atoms with Gasteiger partial charge in [0.15, 0.2) is 18.4 Å². The largest absolute Gasteiger partial charge is 0.482 e. The van der Waals surface area contributed by atoms with Crippen LogP contribution in [0.5, 0.6) is 5.75 Å². The van der Waals surface area contributed by atoms with E-state index < -0.39 is 18.5 Å². The van der Waals surface area contributed by atoms with Crippen molar-refractivity contribution in [2.45, 2.75) is 26.2 Å². The Kier molecular flexibility index (Phi) is 6.58. The zero-order valence-electron chi connectivity index (χ0n) is 14.9. The zero-order valence-corrected chi connectivity index (χ0v) is 15.7. The van der Waals surface area contributed by atoms with Crippen molar-refractivity contribution in [3.63, 3.8) is 0 Å². The number of esters is 1. The van der Waals surface area contributed by atoms with E-state index in [1.807, 2.05) is 18.2 Å². The zero-order chi connectivity index (χ0) is 19.2. The van der Waals surface area contributed by atoms with Crippen molar-refractivity contribution in [3.05, 3.63) is 53.3 Å². The summed E-state index contributed by atoms with van der Waals surface area (Å²) >= 11 is 5.85. The predicted molar refractivity (Wildman–Crippen MR) is 99.5 cm³/mol. The van der Waals surface area contributed by atoms with Crippen LogP contribution >= 0.6 is 11.6 Å². The second-order valence-corrected chi connectivity index (χ2v) is 6.94. The highest BCUT2D eigenvalue weighted by molar-refractivity contribution is 6.32. The van der Waals surface area contributed by atoms with Gasteiger partial charge in [-0.15, -0.1) is 0 Å². The van der Waals surface area contributed by atoms with Crippen molar-refractivity contribution in [1.82, 2.24) is 4.98 Å². The first kappa shape index (κ1) is 19.7. The highest BCUT2D eigenvalue weighted by atomic mass is 35.5. The molecule has 138 valence electrons. The van der Waals surface area contributed by atoms with E-state index in [-0.39, 0.29) is 17.2 Å². The summed E-state index contributed by atoms with van der Waals surface area (Å²) in [6.45, 7) is 5.45. The van der Waals surface area contributed by atoms with Crippen molar-refractivity contribution >= 4 is 29.2 Å². The van der Waals surface area contributed by atoms with Crippen molar-refractivity contribution in [2.75, 3.05) is 18.5 Å². The normalized spacial score (nSPS) is 10.9. The number of nitrogens with one attached hydrogen (secondary N) is 1. The number of ether oxygens (including phenoxy) is 2. The fourth-order valence-corrected chi connectivity index (χ4v) is 2.37. The predicted octanol–water partition coefficient (Wildman–Crippen LogP) is 3.59. The molecule has 2 rings (SSSR count). The maximum atomic E-state index is 11.8. The van der Waals surface area contributed by atoms with Gasteiger partial charge in [0.2, 0.25) is 0 Å². The molecule has 0 saturated carbocycles. The Morgan fingerprint density at radius 3 is 2.54 bits per heavy atom. The minimum absolute atomic E-state index is 0.122. The Hall–Kier alpha value is -2.60. The van der Waals surface area contributed by atoms with Gasteiger partial charge in [-0.05, 0) is 29.2 Å². The van der Waals surface area contributed by atoms with Crippen LogP contribution in [0.2, 0.25) is 5.15 Å². The molecule has 2 aromatic rings. The Balaban J connectivity index is 1.83. The summed E-state index contributed by atoms with van der Waals surface area (Å²) in [7, 11) is 0. The number of hydrogen-bond acceptors (Lipinski definition) is 5. The van der Waals surface area contributed by atoms with Crippen LogP contribution in [-0.4, -0.2) is 30.1 Å². The Labute approximate surface area is 157 Å². The number of carbonyl (C=O) groups excluding carboxylic acids is 2. The molecule has 0 bridgehead atoms. The molecule has 0 radical (unpaired) electrons. The lowest BCUT2D eigenvalue weighted by molar-refractivity contribution is -0.149. The Bertz CT molecular complexity index is 787.